The largest absolute Gasteiger partial charge is 0.382 e. The molecule has 0 saturated carbocycles. The number of anilines is 1. The Kier molecular flexibility index (Phi) is 4.96. The van der Waals surface area contributed by atoms with Crippen LogP contribution in [0.2, 0.25) is 0 Å². The van der Waals surface area contributed by atoms with Crippen molar-refractivity contribution in [2.24, 2.45) is 10.8 Å². The maximum Gasteiger partial charge on any atom is 0.201 e. The van der Waals surface area contributed by atoms with Crippen LogP contribution in [0.3, 0.4) is 0 Å². The zero-order chi connectivity index (χ0) is 17.7. The van der Waals surface area contributed by atoms with Crippen LogP contribution in [0.15, 0.2) is 58.5 Å². The van der Waals surface area contributed by atoms with Gasteiger partial charge < -0.3 is 5.73 Å². The smallest absolute Gasteiger partial charge is 0.201 e. The highest BCUT2D eigenvalue weighted by Crippen LogP contribution is 2.24. The lowest BCUT2D eigenvalue weighted by molar-refractivity contribution is 0.602. The van der Waals surface area contributed by atoms with E-state index in [1.165, 1.54) is 0 Å². The van der Waals surface area contributed by atoms with Gasteiger partial charge in [0.1, 0.15) is 6.07 Å². The summed E-state index contributed by atoms with van der Waals surface area (Å²) in [5.41, 5.74) is 9.97. The van der Waals surface area contributed by atoms with Crippen LogP contribution in [0.5, 0.6) is 0 Å². The van der Waals surface area contributed by atoms with Crippen molar-refractivity contribution in [2.45, 2.75) is 4.90 Å². The topological polar surface area (TPSA) is 132 Å². The Bertz CT molecular complexity index is 941. The third kappa shape index (κ3) is 4.18. The molecule has 0 atom stereocenters. The molecule has 7 nitrogen and oxygen atoms in total. The summed E-state index contributed by atoms with van der Waals surface area (Å²) in [4.78, 5) is 0.255. The van der Waals surface area contributed by atoms with Gasteiger partial charge in [-0.2, -0.15) is 10.4 Å². The van der Waals surface area contributed by atoms with E-state index in [-0.39, 0.29) is 10.6 Å². The van der Waals surface area contributed by atoms with Crippen LogP contribution in [0.25, 0.3) is 11.1 Å². The number of nitriles is 1. The number of nitrogens with zero attached hydrogens (tertiary/aromatic N) is 2. The van der Waals surface area contributed by atoms with E-state index >= 15 is 0 Å². The van der Waals surface area contributed by atoms with Gasteiger partial charge in [-0.3, -0.25) is 10.8 Å². The Hall–Kier alpha value is -3.18. The molecule has 0 spiro atoms. The molecular weight excluding hydrogens is 326 g/mol. The minimum Gasteiger partial charge on any atom is -0.382 e. The van der Waals surface area contributed by atoms with Gasteiger partial charge in [0.05, 0.1) is 10.6 Å². The first kappa shape index (κ1) is 17.2. The van der Waals surface area contributed by atoms with Crippen LogP contribution in [-0.4, -0.2) is 26.2 Å². The van der Waals surface area contributed by atoms with Gasteiger partial charge in [-0.05, 0) is 35.4 Å². The Balaban J connectivity index is 2.28. The van der Waals surface area contributed by atoms with Crippen LogP contribution >= 0.6 is 0 Å². The molecule has 0 amide bonds. The summed E-state index contributed by atoms with van der Waals surface area (Å²) in [6, 6.07) is 15.4. The van der Waals surface area contributed by atoms with E-state index in [1.54, 1.807) is 48.5 Å². The zero-order valence-corrected chi connectivity index (χ0v) is 13.6. The van der Waals surface area contributed by atoms with Gasteiger partial charge >= 0.3 is 0 Å². The van der Waals surface area contributed by atoms with Crippen molar-refractivity contribution in [3.05, 3.63) is 48.5 Å². The van der Waals surface area contributed by atoms with Gasteiger partial charge in [0.15, 0.2) is 15.7 Å². The van der Waals surface area contributed by atoms with E-state index in [4.69, 9.17) is 16.4 Å². The number of hydrazone groups is 1. The standard InChI is InChI=1S/C16H15N5O2S/c1-24(22,23)14-7-5-11(6-8-14)12-3-2-4-13(9-12)20-21-15(10-17)16(18)19/h2-9,20H,1H3,(H3,18,19)/b21-15+. The van der Waals surface area contributed by atoms with Crippen molar-refractivity contribution in [3.8, 4) is 17.2 Å². The highest BCUT2D eigenvalue weighted by atomic mass is 32.2. The molecule has 0 bridgehead atoms. The monoisotopic (exact) mass is 341 g/mol. The molecule has 0 aliphatic heterocycles. The van der Waals surface area contributed by atoms with E-state index in [2.05, 4.69) is 10.5 Å². The summed E-state index contributed by atoms with van der Waals surface area (Å²) in [6.45, 7) is 0. The molecular formula is C16H15N5O2S. The predicted octanol–water partition coefficient (Wildman–Crippen LogP) is 1.98. The first-order valence-electron chi connectivity index (χ1n) is 6.80. The highest BCUT2D eigenvalue weighted by Gasteiger charge is 2.07. The summed E-state index contributed by atoms with van der Waals surface area (Å²) in [7, 11) is -3.23. The van der Waals surface area contributed by atoms with Crippen LogP contribution in [0.1, 0.15) is 0 Å². The molecule has 8 heteroatoms. The van der Waals surface area contributed by atoms with Crippen molar-refractivity contribution < 1.29 is 8.42 Å². The molecule has 24 heavy (non-hydrogen) atoms. The normalized spacial score (nSPS) is 11.6. The summed E-state index contributed by atoms with van der Waals surface area (Å²) >= 11 is 0. The van der Waals surface area contributed by atoms with Crippen molar-refractivity contribution in [2.75, 3.05) is 11.7 Å². The number of benzene rings is 2. The zero-order valence-electron chi connectivity index (χ0n) is 12.8. The maximum absolute atomic E-state index is 11.5. The van der Waals surface area contributed by atoms with E-state index in [0.717, 1.165) is 17.4 Å². The fourth-order valence-corrected chi connectivity index (χ4v) is 2.56. The molecule has 0 aromatic heterocycles. The van der Waals surface area contributed by atoms with Crippen molar-refractivity contribution in [1.82, 2.24) is 0 Å². The fourth-order valence-electron chi connectivity index (χ4n) is 1.93. The molecule has 0 aliphatic rings. The van der Waals surface area contributed by atoms with Gasteiger partial charge in [0.2, 0.25) is 5.71 Å². The molecule has 0 unspecified atom stereocenters. The summed E-state index contributed by atoms with van der Waals surface area (Å²) in [5.74, 6) is -0.419. The second kappa shape index (κ2) is 6.93. The summed E-state index contributed by atoms with van der Waals surface area (Å²) < 4.78 is 23.0. The van der Waals surface area contributed by atoms with Gasteiger partial charge in [-0.25, -0.2) is 8.42 Å². The predicted molar refractivity (Wildman–Crippen MR) is 93.6 cm³/mol. The Morgan fingerprint density at radius 3 is 2.42 bits per heavy atom. The quantitative estimate of drug-likeness (QED) is 0.434. The van der Waals surface area contributed by atoms with Crippen LogP contribution < -0.4 is 11.2 Å². The van der Waals surface area contributed by atoms with Gasteiger partial charge in [0.25, 0.3) is 0 Å². The lowest BCUT2D eigenvalue weighted by Gasteiger charge is -2.06. The molecule has 0 heterocycles. The number of hydrogen-bond donors (Lipinski definition) is 3. The Morgan fingerprint density at radius 1 is 1.21 bits per heavy atom. The van der Waals surface area contributed by atoms with Gasteiger partial charge in [-0.15, -0.1) is 0 Å². The van der Waals surface area contributed by atoms with Crippen LogP contribution in [0.4, 0.5) is 5.69 Å². The number of nitrogens with one attached hydrogen (secondary N) is 2. The summed E-state index contributed by atoms with van der Waals surface area (Å²) in [6.07, 6.45) is 1.16. The van der Waals surface area contributed by atoms with Crippen molar-refractivity contribution in [3.63, 3.8) is 0 Å². The Morgan fingerprint density at radius 2 is 1.88 bits per heavy atom. The molecule has 4 N–H and O–H groups in total. The second-order valence-electron chi connectivity index (χ2n) is 4.98. The van der Waals surface area contributed by atoms with Gasteiger partial charge in [-0.1, -0.05) is 24.3 Å². The minimum atomic E-state index is -3.23. The molecule has 0 radical (unpaired) electrons. The van der Waals surface area contributed by atoms with Crippen LogP contribution in [-0.2, 0) is 9.84 Å². The first-order valence-corrected chi connectivity index (χ1v) is 8.69. The van der Waals surface area contributed by atoms with E-state index in [9.17, 15) is 8.42 Å². The molecule has 0 aliphatic carbocycles. The lowest BCUT2D eigenvalue weighted by atomic mass is 10.1. The molecule has 0 saturated heterocycles. The lowest BCUT2D eigenvalue weighted by Crippen LogP contribution is -2.21. The molecule has 0 fully saturated rings. The Labute approximate surface area is 139 Å². The van der Waals surface area contributed by atoms with Gasteiger partial charge in [0, 0.05) is 6.26 Å². The highest BCUT2D eigenvalue weighted by molar-refractivity contribution is 7.90. The molecule has 2 aromatic rings. The number of sulfone groups is 1. The average molecular weight is 341 g/mol. The first-order chi connectivity index (χ1) is 11.3. The molecule has 2 rings (SSSR count). The fraction of sp³-hybridized carbons (Fsp3) is 0.0625. The van der Waals surface area contributed by atoms with E-state index < -0.39 is 15.7 Å². The SMILES string of the molecule is CS(=O)(=O)c1ccc(-c2cccc(N/N=C(\C#N)C(=N)N)c2)cc1. The number of nitrogens with two attached hydrogens (primary N) is 1. The minimum absolute atomic E-state index is 0.210. The second-order valence-corrected chi connectivity index (χ2v) is 6.99. The van der Waals surface area contributed by atoms with Crippen LogP contribution in [0, 0.1) is 16.7 Å². The van der Waals surface area contributed by atoms with E-state index in [0.29, 0.717) is 5.69 Å². The third-order valence-corrected chi connectivity index (χ3v) is 4.26. The van der Waals surface area contributed by atoms with Crippen molar-refractivity contribution >= 4 is 27.1 Å². The molecule has 122 valence electrons. The molecule has 2 aromatic carbocycles. The van der Waals surface area contributed by atoms with Crippen molar-refractivity contribution in [1.29, 1.82) is 10.7 Å². The number of rotatable bonds is 5. The third-order valence-electron chi connectivity index (χ3n) is 3.14. The maximum atomic E-state index is 11.5. The van der Waals surface area contributed by atoms with E-state index in [1.807, 2.05) is 6.07 Å². The average Bonchev–Trinajstić information content (AvgIpc) is 2.55. The number of hydrogen-bond acceptors (Lipinski definition) is 6. The summed E-state index contributed by atoms with van der Waals surface area (Å²) in [5, 5.41) is 19.8. The number of amidine groups is 1.